The highest BCUT2D eigenvalue weighted by Crippen LogP contribution is 2.09. The zero-order valence-corrected chi connectivity index (χ0v) is 10.9. The third kappa shape index (κ3) is 3.07. The van der Waals surface area contributed by atoms with Gasteiger partial charge in [-0.2, -0.15) is 5.10 Å². The standard InChI is InChI=1S/C12H13ClN4O/c1-8-6-9(2)17(16-8)7-12(18)15-11-5-3-4-10(13)14-11/h3-6H,7H2,1-2H3,(H,14,15,18). The van der Waals surface area contributed by atoms with Gasteiger partial charge in [0.2, 0.25) is 5.91 Å². The van der Waals surface area contributed by atoms with E-state index in [9.17, 15) is 4.79 Å². The highest BCUT2D eigenvalue weighted by molar-refractivity contribution is 6.29. The summed E-state index contributed by atoms with van der Waals surface area (Å²) in [7, 11) is 0. The number of rotatable bonds is 3. The van der Waals surface area contributed by atoms with Crippen LogP contribution < -0.4 is 5.32 Å². The largest absolute Gasteiger partial charge is 0.309 e. The molecular formula is C12H13ClN4O. The van der Waals surface area contributed by atoms with Crippen LogP contribution in [0.3, 0.4) is 0 Å². The van der Waals surface area contributed by atoms with Gasteiger partial charge in [-0.15, -0.1) is 0 Å². The summed E-state index contributed by atoms with van der Waals surface area (Å²) in [6.45, 7) is 3.96. The molecule has 2 heterocycles. The highest BCUT2D eigenvalue weighted by atomic mass is 35.5. The van der Waals surface area contributed by atoms with Gasteiger partial charge in [0.15, 0.2) is 0 Å². The smallest absolute Gasteiger partial charge is 0.247 e. The van der Waals surface area contributed by atoms with Crippen molar-refractivity contribution in [1.29, 1.82) is 0 Å². The third-order valence-corrected chi connectivity index (χ3v) is 2.59. The summed E-state index contributed by atoms with van der Waals surface area (Å²) in [5.41, 5.74) is 1.84. The molecule has 5 nitrogen and oxygen atoms in total. The molecule has 1 amide bonds. The Bertz CT molecular complexity index is 579. The molecule has 0 aliphatic heterocycles. The predicted octanol–water partition coefficient (Wildman–Crippen LogP) is 2.19. The van der Waals surface area contributed by atoms with E-state index in [0.717, 1.165) is 11.4 Å². The second-order valence-electron chi connectivity index (χ2n) is 3.98. The van der Waals surface area contributed by atoms with Gasteiger partial charge in [0.1, 0.15) is 17.5 Å². The average Bonchev–Trinajstić information content (AvgIpc) is 2.57. The molecule has 94 valence electrons. The number of aromatic nitrogens is 3. The van der Waals surface area contributed by atoms with Crippen LogP contribution >= 0.6 is 11.6 Å². The van der Waals surface area contributed by atoms with Crippen molar-refractivity contribution in [2.45, 2.75) is 20.4 Å². The van der Waals surface area contributed by atoms with Crippen LogP contribution in [0.4, 0.5) is 5.82 Å². The van der Waals surface area contributed by atoms with E-state index >= 15 is 0 Å². The first-order valence-corrected chi connectivity index (χ1v) is 5.86. The summed E-state index contributed by atoms with van der Waals surface area (Å²) in [6, 6.07) is 6.99. The summed E-state index contributed by atoms with van der Waals surface area (Å²) in [5.74, 6) is 0.255. The molecule has 2 aromatic rings. The van der Waals surface area contributed by atoms with Crippen LogP contribution in [0, 0.1) is 13.8 Å². The second-order valence-corrected chi connectivity index (χ2v) is 4.37. The fraction of sp³-hybridized carbons (Fsp3) is 0.250. The van der Waals surface area contributed by atoms with Crippen LogP contribution in [0.15, 0.2) is 24.3 Å². The number of aryl methyl sites for hydroxylation is 2. The van der Waals surface area contributed by atoms with Crippen LogP contribution in [0.5, 0.6) is 0 Å². The van der Waals surface area contributed by atoms with Crippen molar-refractivity contribution < 1.29 is 4.79 Å². The first-order valence-electron chi connectivity index (χ1n) is 5.48. The Labute approximate surface area is 110 Å². The minimum Gasteiger partial charge on any atom is -0.309 e. The molecule has 0 saturated carbocycles. The van der Waals surface area contributed by atoms with Crippen molar-refractivity contribution >= 4 is 23.3 Å². The zero-order chi connectivity index (χ0) is 13.1. The molecule has 0 spiro atoms. The maximum atomic E-state index is 11.8. The Morgan fingerprint density at radius 3 is 2.83 bits per heavy atom. The highest BCUT2D eigenvalue weighted by Gasteiger charge is 2.08. The predicted molar refractivity (Wildman–Crippen MR) is 69.6 cm³/mol. The van der Waals surface area contributed by atoms with Gasteiger partial charge in [-0.1, -0.05) is 17.7 Å². The zero-order valence-electron chi connectivity index (χ0n) is 10.1. The number of nitrogens with zero attached hydrogens (tertiary/aromatic N) is 3. The van der Waals surface area contributed by atoms with E-state index in [1.165, 1.54) is 0 Å². The van der Waals surface area contributed by atoms with E-state index in [1.807, 2.05) is 19.9 Å². The molecule has 0 aromatic carbocycles. The monoisotopic (exact) mass is 264 g/mol. The molecule has 0 fully saturated rings. The van der Waals surface area contributed by atoms with Crippen LogP contribution in [0.25, 0.3) is 0 Å². The van der Waals surface area contributed by atoms with Gasteiger partial charge in [0.05, 0.1) is 5.69 Å². The SMILES string of the molecule is Cc1cc(C)n(CC(=O)Nc2cccc(Cl)n2)n1. The lowest BCUT2D eigenvalue weighted by molar-refractivity contribution is -0.117. The number of anilines is 1. The van der Waals surface area contributed by atoms with Crippen LogP contribution in [-0.2, 0) is 11.3 Å². The van der Waals surface area contributed by atoms with E-state index in [2.05, 4.69) is 15.4 Å². The van der Waals surface area contributed by atoms with Crippen molar-refractivity contribution in [2.24, 2.45) is 0 Å². The summed E-state index contributed by atoms with van der Waals surface area (Å²) in [5, 5.41) is 7.24. The van der Waals surface area contributed by atoms with Gasteiger partial charge >= 0.3 is 0 Å². The normalized spacial score (nSPS) is 10.4. The molecule has 2 rings (SSSR count). The fourth-order valence-electron chi connectivity index (χ4n) is 1.63. The number of carbonyl (C=O) groups is 1. The molecule has 0 saturated heterocycles. The molecule has 0 atom stereocenters. The van der Waals surface area contributed by atoms with Crippen LogP contribution in [0.1, 0.15) is 11.4 Å². The summed E-state index contributed by atoms with van der Waals surface area (Å²) < 4.78 is 1.65. The minimum atomic E-state index is -0.184. The van der Waals surface area contributed by atoms with E-state index in [0.29, 0.717) is 11.0 Å². The first-order chi connectivity index (χ1) is 8.54. The Morgan fingerprint density at radius 1 is 1.44 bits per heavy atom. The molecule has 0 aliphatic carbocycles. The number of halogens is 1. The van der Waals surface area contributed by atoms with E-state index in [1.54, 1.807) is 22.9 Å². The number of hydrogen-bond donors (Lipinski definition) is 1. The Balaban J connectivity index is 2.03. The molecule has 2 aromatic heterocycles. The van der Waals surface area contributed by atoms with E-state index in [-0.39, 0.29) is 12.5 Å². The summed E-state index contributed by atoms with van der Waals surface area (Å²) >= 11 is 5.74. The molecular weight excluding hydrogens is 252 g/mol. The van der Waals surface area contributed by atoms with Crippen LogP contribution in [-0.4, -0.2) is 20.7 Å². The lowest BCUT2D eigenvalue weighted by atomic mass is 10.4. The minimum absolute atomic E-state index is 0.161. The number of amides is 1. The fourth-order valence-corrected chi connectivity index (χ4v) is 1.80. The van der Waals surface area contributed by atoms with E-state index in [4.69, 9.17) is 11.6 Å². The molecule has 18 heavy (non-hydrogen) atoms. The third-order valence-electron chi connectivity index (χ3n) is 2.38. The van der Waals surface area contributed by atoms with Crippen molar-refractivity contribution in [2.75, 3.05) is 5.32 Å². The molecule has 6 heteroatoms. The van der Waals surface area contributed by atoms with Crippen molar-refractivity contribution in [1.82, 2.24) is 14.8 Å². The summed E-state index contributed by atoms with van der Waals surface area (Å²) in [4.78, 5) is 15.8. The van der Waals surface area contributed by atoms with Gasteiger partial charge in [-0.05, 0) is 32.0 Å². The molecule has 0 aliphatic rings. The second kappa shape index (κ2) is 5.18. The van der Waals surface area contributed by atoms with Crippen molar-refractivity contribution in [3.63, 3.8) is 0 Å². The number of nitrogens with one attached hydrogen (secondary N) is 1. The number of pyridine rings is 1. The van der Waals surface area contributed by atoms with Gasteiger partial charge in [-0.3, -0.25) is 9.48 Å². The van der Waals surface area contributed by atoms with Gasteiger partial charge in [0.25, 0.3) is 0 Å². The van der Waals surface area contributed by atoms with Crippen LogP contribution in [0.2, 0.25) is 5.15 Å². The topological polar surface area (TPSA) is 59.8 Å². The van der Waals surface area contributed by atoms with Crippen molar-refractivity contribution in [3.8, 4) is 0 Å². The number of carbonyl (C=O) groups excluding carboxylic acids is 1. The summed E-state index contributed by atoms with van der Waals surface area (Å²) in [6.07, 6.45) is 0. The Kier molecular flexibility index (Phi) is 3.62. The van der Waals surface area contributed by atoms with Gasteiger partial charge in [0, 0.05) is 5.69 Å². The first kappa shape index (κ1) is 12.6. The maximum absolute atomic E-state index is 11.8. The lowest BCUT2D eigenvalue weighted by Crippen LogP contribution is -2.20. The molecule has 1 N–H and O–H groups in total. The molecule has 0 unspecified atom stereocenters. The number of hydrogen-bond acceptors (Lipinski definition) is 3. The quantitative estimate of drug-likeness (QED) is 0.865. The lowest BCUT2D eigenvalue weighted by Gasteiger charge is -2.06. The Morgan fingerprint density at radius 2 is 2.22 bits per heavy atom. The Hall–Kier alpha value is -1.88. The molecule has 0 radical (unpaired) electrons. The molecule has 0 bridgehead atoms. The van der Waals surface area contributed by atoms with Crippen molar-refractivity contribution in [3.05, 3.63) is 40.8 Å². The average molecular weight is 265 g/mol. The maximum Gasteiger partial charge on any atom is 0.247 e. The van der Waals surface area contributed by atoms with Gasteiger partial charge in [-0.25, -0.2) is 4.98 Å². The van der Waals surface area contributed by atoms with Gasteiger partial charge < -0.3 is 5.32 Å². The van der Waals surface area contributed by atoms with E-state index < -0.39 is 0 Å².